The van der Waals surface area contributed by atoms with Crippen LogP contribution in [0.3, 0.4) is 0 Å². The van der Waals surface area contributed by atoms with Crippen LogP contribution >= 0.6 is 23.1 Å². The normalized spacial score (nSPS) is 10.8. The second kappa shape index (κ2) is 11.1. The fourth-order valence-electron chi connectivity index (χ4n) is 2.13. The SMILES string of the molecule is N=C(N)c1ccc(OCCCCCSc2ncc(CCNN)s2)cc1. The van der Waals surface area contributed by atoms with Crippen molar-refractivity contribution in [1.82, 2.24) is 10.4 Å². The summed E-state index contributed by atoms with van der Waals surface area (Å²) in [5.41, 5.74) is 8.80. The summed E-state index contributed by atoms with van der Waals surface area (Å²) in [4.78, 5) is 5.69. The molecule has 0 unspecified atom stereocenters. The van der Waals surface area contributed by atoms with Crippen molar-refractivity contribution in [2.75, 3.05) is 18.9 Å². The molecule has 0 atom stereocenters. The Morgan fingerprint density at radius 1 is 1.24 bits per heavy atom. The first-order valence-electron chi connectivity index (χ1n) is 8.27. The zero-order valence-corrected chi connectivity index (χ0v) is 15.8. The Kier molecular flexibility index (Phi) is 8.75. The fraction of sp³-hybridized carbons (Fsp3) is 0.412. The van der Waals surface area contributed by atoms with Crippen LogP contribution in [0.2, 0.25) is 0 Å². The van der Waals surface area contributed by atoms with Crippen LogP contribution in [-0.4, -0.2) is 29.7 Å². The van der Waals surface area contributed by atoms with Crippen LogP contribution < -0.4 is 21.7 Å². The van der Waals surface area contributed by atoms with Gasteiger partial charge in [-0.3, -0.25) is 16.7 Å². The first-order valence-corrected chi connectivity index (χ1v) is 10.1. The third kappa shape index (κ3) is 7.43. The molecule has 1 heterocycles. The number of thioether (sulfide) groups is 1. The number of hydrogen-bond donors (Lipinski definition) is 4. The molecule has 2 aromatic rings. The average Bonchev–Trinajstić information content (AvgIpc) is 3.07. The van der Waals surface area contributed by atoms with Crippen molar-refractivity contribution in [2.45, 2.75) is 30.0 Å². The molecule has 0 aliphatic carbocycles. The lowest BCUT2D eigenvalue weighted by atomic mass is 10.2. The first kappa shape index (κ1) is 19.7. The number of nitrogens with zero attached hydrogens (tertiary/aromatic N) is 1. The van der Waals surface area contributed by atoms with Crippen LogP contribution in [0.4, 0.5) is 0 Å². The number of benzene rings is 1. The van der Waals surface area contributed by atoms with Gasteiger partial charge in [0.25, 0.3) is 0 Å². The Hall–Kier alpha value is -1.61. The molecule has 2 rings (SSSR count). The molecule has 1 aromatic carbocycles. The van der Waals surface area contributed by atoms with Gasteiger partial charge in [-0.15, -0.1) is 11.3 Å². The van der Waals surface area contributed by atoms with Crippen molar-refractivity contribution in [1.29, 1.82) is 5.41 Å². The molecule has 6 N–H and O–H groups in total. The van der Waals surface area contributed by atoms with Crippen LogP contribution in [0.15, 0.2) is 34.8 Å². The summed E-state index contributed by atoms with van der Waals surface area (Å²) in [6.07, 6.45) is 6.18. The number of hydrogen-bond acceptors (Lipinski definition) is 7. The van der Waals surface area contributed by atoms with E-state index in [9.17, 15) is 0 Å². The largest absolute Gasteiger partial charge is 0.494 e. The molecule has 136 valence electrons. The number of unbranched alkanes of at least 4 members (excludes halogenated alkanes) is 2. The molecule has 0 bridgehead atoms. The minimum absolute atomic E-state index is 0.0763. The number of rotatable bonds is 12. The Balaban J connectivity index is 1.53. The number of nitrogen functional groups attached to an aromatic ring is 1. The van der Waals surface area contributed by atoms with E-state index in [1.54, 1.807) is 23.5 Å². The van der Waals surface area contributed by atoms with Crippen molar-refractivity contribution >= 4 is 28.9 Å². The maximum Gasteiger partial charge on any atom is 0.150 e. The van der Waals surface area contributed by atoms with Gasteiger partial charge in [-0.1, -0.05) is 11.8 Å². The van der Waals surface area contributed by atoms with Gasteiger partial charge in [-0.25, -0.2) is 4.98 Å². The molecule has 0 amide bonds. The van der Waals surface area contributed by atoms with E-state index < -0.39 is 0 Å². The molecular formula is C17H25N5OS2. The minimum atomic E-state index is 0.0763. The summed E-state index contributed by atoms with van der Waals surface area (Å²) < 4.78 is 6.84. The van der Waals surface area contributed by atoms with E-state index in [1.165, 1.54) is 4.88 Å². The lowest BCUT2D eigenvalue weighted by molar-refractivity contribution is 0.306. The zero-order valence-electron chi connectivity index (χ0n) is 14.2. The molecule has 0 saturated heterocycles. The second-order valence-electron chi connectivity index (χ2n) is 5.49. The van der Waals surface area contributed by atoms with E-state index in [4.69, 9.17) is 21.7 Å². The summed E-state index contributed by atoms with van der Waals surface area (Å²) in [5.74, 6) is 7.26. The topological polar surface area (TPSA) is 110 Å². The van der Waals surface area contributed by atoms with Crippen LogP contribution in [0.5, 0.6) is 5.75 Å². The summed E-state index contributed by atoms with van der Waals surface area (Å²) in [7, 11) is 0. The molecule has 1 aromatic heterocycles. The van der Waals surface area contributed by atoms with E-state index in [-0.39, 0.29) is 5.84 Å². The standard InChI is InChI=1S/C17H25N5OS2/c18-16(19)13-4-6-14(7-5-13)23-10-2-1-3-11-24-17-21-12-15(25-17)8-9-22-20/h4-7,12,22H,1-3,8-11,20H2,(H3,18,19). The average molecular weight is 380 g/mol. The van der Waals surface area contributed by atoms with Crippen molar-refractivity contribution in [3.05, 3.63) is 40.9 Å². The van der Waals surface area contributed by atoms with Gasteiger partial charge >= 0.3 is 0 Å². The number of nitrogens with one attached hydrogen (secondary N) is 2. The summed E-state index contributed by atoms with van der Waals surface area (Å²) in [6, 6.07) is 7.32. The van der Waals surface area contributed by atoms with Crippen LogP contribution in [0.1, 0.15) is 29.7 Å². The number of nitrogens with two attached hydrogens (primary N) is 2. The van der Waals surface area contributed by atoms with Crippen LogP contribution in [0.25, 0.3) is 0 Å². The van der Waals surface area contributed by atoms with E-state index in [1.807, 2.05) is 30.1 Å². The quantitative estimate of drug-likeness (QED) is 0.113. The minimum Gasteiger partial charge on any atom is -0.494 e. The predicted octanol–water partition coefficient (Wildman–Crippen LogP) is 2.77. The summed E-state index contributed by atoms with van der Waals surface area (Å²) in [5, 5.41) is 7.35. The number of hydrazine groups is 1. The van der Waals surface area contributed by atoms with Gasteiger partial charge in [0.1, 0.15) is 15.9 Å². The van der Waals surface area contributed by atoms with E-state index in [2.05, 4.69) is 10.4 Å². The highest BCUT2D eigenvalue weighted by atomic mass is 32.2. The van der Waals surface area contributed by atoms with Gasteiger partial charge in [0.2, 0.25) is 0 Å². The first-order chi connectivity index (χ1) is 12.2. The van der Waals surface area contributed by atoms with Crippen LogP contribution in [-0.2, 0) is 6.42 Å². The molecular weight excluding hydrogens is 354 g/mol. The molecule has 0 radical (unpaired) electrons. The molecule has 6 nitrogen and oxygen atoms in total. The number of amidine groups is 1. The lowest BCUT2D eigenvalue weighted by Gasteiger charge is -2.06. The smallest absolute Gasteiger partial charge is 0.150 e. The summed E-state index contributed by atoms with van der Waals surface area (Å²) in [6.45, 7) is 1.49. The fourth-order valence-corrected chi connectivity index (χ4v) is 4.22. The third-order valence-corrected chi connectivity index (χ3v) is 5.80. The predicted molar refractivity (Wildman–Crippen MR) is 106 cm³/mol. The van der Waals surface area contributed by atoms with Crippen LogP contribution in [0, 0.1) is 5.41 Å². The van der Waals surface area contributed by atoms with E-state index >= 15 is 0 Å². The third-order valence-electron chi connectivity index (χ3n) is 3.50. The van der Waals surface area contributed by atoms with Crippen molar-refractivity contribution in [3.8, 4) is 5.75 Å². The molecule has 8 heteroatoms. The monoisotopic (exact) mass is 379 g/mol. The Labute approximate surface area is 156 Å². The van der Waals surface area contributed by atoms with Gasteiger partial charge in [-0.2, -0.15) is 0 Å². The molecule has 0 aliphatic rings. The van der Waals surface area contributed by atoms with Crippen molar-refractivity contribution in [2.24, 2.45) is 11.6 Å². The Bertz CT molecular complexity index is 645. The molecule has 0 saturated carbocycles. The number of aromatic nitrogens is 1. The number of ether oxygens (including phenoxy) is 1. The van der Waals surface area contributed by atoms with Gasteiger partial charge in [-0.05, 0) is 49.9 Å². The van der Waals surface area contributed by atoms with Crippen molar-refractivity contribution in [3.63, 3.8) is 0 Å². The highest BCUT2D eigenvalue weighted by molar-refractivity contribution is 8.01. The highest BCUT2D eigenvalue weighted by Gasteiger charge is 2.02. The summed E-state index contributed by atoms with van der Waals surface area (Å²) >= 11 is 3.57. The van der Waals surface area contributed by atoms with Gasteiger partial charge in [0, 0.05) is 28.9 Å². The van der Waals surface area contributed by atoms with E-state index in [0.29, 0.717) is 12.2 Å². The van der Waals surface area contributed by atoms with Crippen molar-refractivity contribution < 1.29 is 4.74 Å². The highest BCUT2D eigenvalue weighted by Crippen LogP contribution is 2.25. The molecule has 0 aliphatic heterocycles. The molecule has 0 fully saturated rings. The number of thiazole rings is 1. The Morgan fingerprint density at radius 2 is 2.04 bits per heavy atom. The zero-order chi connectivity index (χ0) is 17.9. The Morgan fingerprint density at radius 3 is 2.76 bits per heavy atom. The maximum absolute atomic E-state index is 7.35. The second-order valence-corrected chi connectivity index (χ2v) is 7.95. The maximum atomic E-state index is 7.35. The molecule has 25 heavy (non-hydrogen) atoms. The van der Waals surface area contributed by atoms with E-state index in [0.717, 1.165) is 48.1 Å². The molecule has 0 spiro atoms. The van der Waals surface area contributed by atoms with Gasteiger partial charge < -0.3 is 10.5 Å². The van der Waals surface area contributed by atoms with Gasteiger partial charge in [0.05, 0.1) is 6.61 Å². The lowest BCUT2D eigenvalue weighted by Crippen LogP contribution is -2.24. The van der Waals surface area contributed by atoms with Gasteiger partial charge in [0.15, 0.2) is 0 Å².